The molecule has 1 aromatic rings. The number of allylic oxidation sites excluding steroid dienone is 4. The molecule has 7 nitrogen and oxygen atoms in total. The van der Waals surface area contributed by atoms with Crippen LogP contribution in [0.3, 0.4) is 0 Å². The Hall–Kier alpha value is -3.06. The fraction of sp³-hybridized carbons (Fsp3) is 0.714. The molecule has 7 heteroatoms. The number of rotatable bonds is 8. The number of phenolic OH excluding ortho intramolecular Hbond substituents is 1. The highest BCUT2D eigenvalue weighted by atomic mass is 16.5. The van der Waals surface area contributed by atoms with E-state index in [-0.39, 0.29) is 30.1 Å². The van der Waals surface area contributed by atoms with Gasteiger partial charge in [0.25, 0.3) is 0 Å². The summed E-state index contributed by atoms with van der Waals surface area (Å²) in [7, 11) is 1.26. The first kappa shape index (κ1) is 44.1. The lowest BCUT2D eigenvalue weighted by Crippen LogP contribution is -2.50. The molecule has 3 N–H and O–H groups in total. The molecular formula is C49H75NO6. The number of ether oxygens (including phenoxy) is 2. The van der Waals surface area contributed by atoms with E-state index in [1.54, 1.807) is 18.2 Å². The minimum atomic E-state index is -0.660. The molecule has 0 aromatic heterocycles. The zero-order valence-electron chi connectivity index (χ0n) is 36.0. The lowest BCUT2D eigenvalue weighted by atomic mass is 9.46. The van der Waals surface area contributed by atoms with Gasteiger partial charge in [-0.15, -0.1) is 0 Å². The maximum absolute atomic E-state index is 12.7. The van der Waals surface area contributed by atoms with Crippen LogP contribution in [0.1, 0.15) is 154 Å². The summed E-state index contributed by atoms with van der Waals surface area (Å²) in [6.07, 6.45) is 25.7. The van der Waals surface area contributed by atoms with Crippen LogP contribution in [0.25, 0.3) is 0 Å². The number of hydrogen-bond acceptors (Lipinski definition) is 6. The van der Waals surface area contributed by atoms with Crippen molar-refractivity contribution in [1.29, 1.82) is 0 Å². The van der Waals surface area contributed by atoms with Crippen molar-refractivity contribution in [3.63, 3.8) is 0 Å². The molecule has 3 unspecified atom stereocenters. The largest absolute Gasteiger partial charge is 0.507 e. The number of esters is 1. The highest BCUT2D eigenvalue weighted by molar-refractivity contribution is 5.94. The standard InChI is InChI=1S/C28H48.C21H27NO6/c1-19(2)8-7-9-21(4)24-12-13-25-23-11-10-22-18-20(3)14-16-27(22,5)26(23)15-17-28(24,25)6;1-14-7-3-4-8-15-9-5-11-17(23)19(15)20(25)28-16(13-18(14)24)10-6-12-22-21(26)27-2/h10,19-21,23-26H,7-9,11-18H2,1-6H3;3-6,9,11-12,14,16,18,23-24H,7-8,10,13H2,1-2H3,(H,22,26)/b;4-3+,12-6+/t20-,21+,23?,24+,25?,26?,27-,28+;14-,16-,18+/m00/s1. The van der Waals surface area contributed by atoms with Crippen molar-refractivity contribution in [2.75, 3.05) is 7.11 Å². The van der Waals surface area contributed by atoms with Crippen molar-refractivity contribution in [2.45, 2.75) is 157 Å². The van der Waals surface area contributed by atoms with E-state index in [4.69, 9.17) is 4.74 Å². The molecule has 11 atom stereocenters. The SMILES string of the molecule is CC(C)CCC[C@@H](C)[C@H]1CCC2C3CC=C4C[C@@H](C)CC[C@]4(C)C3CC[C@@]21C.COC(=O)N/C=C/C[C@H]1C[C@@H](O)[C@@H](C)C/C=C/Cc2cccc(O)c2C(=O)O1. The Morgan fingerprint density at radius 3 is 2.57 bits per heavy atom. The van der Waals surface area contributed by atoms with Crippen molar-refractivity contribution in [1.82, 2.24) is 5.32 Å². The third kappa shape index (κ3) is 10.3. The molecule has 1 aliphatic heterocycles. The number of nitrogens with one attached hydrogen (secondary N) is 1. The van der Waals surface area contributed by atoms with Gasteiger partial charge in [0.15, 0.2) is 0 Å². The van der Waals surface area contributed by atoms with E-state index in [0.717, 1.165) is 41.4 Å². The van der Waals surface area contributed by atoms with Crippen molar-refractivity contribution >= 4 is 12.1 Å². The summed E-state index contributed by atoms with van der Waals surface area (Å²) in [5.74, 6) is 5.95. The summed E-state index contributed by atoms with van der Waals surface area (Å²) in [5.41, 5.74) is 3.88. The normalized spacial score (nSPS) is 35.5. The van der Waals surface area contributed by atoms with Gasteiger partial charge < -0.3 is 19.7 Å². The fourth-order valence-electron chi connectivity index (χ4n) is 11.8. The Labute approximate surface area is 339 Å². The highest BCUT2D eigenvalue weighted by Gasteiger charge is 2.59. The molecule has 1 amide bonds. The summed E-state index contributed by atoms with van der Waals surface area (Å²) < 4.78 is 10.1. The number of carbonyl (C=O) groups is 2. The maximum Gasteiger partial charge on any atom is 0.410 e. The van der Waals surface area contributed by atoms with Crippen LogP contribution >= 0.6 is 0 Å². The molecule has 56 heavy (non-hydrogen) atoms. The Morgan fingerprint density at radius 1 is 1.04 bits per heavy atom. The van der Waals surface area contributed by atoms with Gasteiger partial charge in [-0.05, 0) is 134 Å². The summed E-state index contributed by atoms with van der Waals surface area (Å²) in [4.78, 5) is 23.8. The van der Waals surface area contributed by atoms with Crippen LogP contribution in [-0.2, 0) is 15.9 Å². The molecule has 1 aromatic carbocycles. The van der Waals surface area contributed by atoms with Gasteiger partial charge in [-0.3, -0.25) is 5.32 Å². The smallest absolute Gasteiger partial charge is 0.410 e. The fourth-order valence-corrected chi connectivity index (χ4v) is 11.8. The molecular weight excluding hydrogens is 699 g/mol. The van der Waals surface area contributed by atoms with Gasteiger partial charge >= 0.3 is 12.1 Å². The number of alkyl carbamates (subject to hydrolysis) is 1. The first-order valence-corrected chi connectivity index (χ1v) is 22.2. The van der Waals surface area contributed by atoms with E-state index in [1.807, 2.05) is 24.6 Å². The third-order valence-electron chi connectivity index (χ3n) is 15.2. The molecule has 0 saturated heterocycles. The van der Waals surface area contributed by atoms with Crippen LogP contribution in [0.5, 0.6) is 5.75 Å². The minimum absolute atomic E-state index is 0.00213. The minimum Gasteiger partial charge on any atom is -0.507 e. The van der Waals surface area contributed by atoms with Crippen LogP contribution in [0.2, 0.25) is 0 Å². The van der Waals surface area contributed by atoms with Crippen LogP contribution in [0, 0.1) is 58.2 Å². The second-order valence-electron chi connectivity index (χ2n) is 19.4. The molecule has 6 rings (SSSR count). The van der Waals surface area contributed by atoms with Gasteiger partial charge in [-0.2, -0.15) is 0 Å². The summed E-state index contributed by atoms with van der Waals surface area (Å²) in [5, 5.41) is 23.0. The molecule has 3 saturated carbocycles. The zero-order chi connectivity index (χ0) is 40.6. The van der Waals surface area contributed by atoms with E-state index < -0.39 is 24.3 Å². The van der Waals surface area contributed by atoms with Crippen molar-refractivity contribution in [3.05, 3.63) is 65.4 Å². The van der Waals surface area contributed by atoms with E-state index in [9.17, 15) is 19.8 Å². The maximum atomic E-state index is 12.7. The van der Waals surface area contributed by atoms with Crippen molar-refractivity contribution in [3.8, 4) is 5.75 Å². The lowest BCUT2D eigenvalue weighted by molar-refractivity contribution is -0.0523. The van der Waals surface area contributed by atoms with Gasteiger partial charge in [-0.25, -0.2) is 9.59 Å². The molecule has 3 fully saturated rings. The average Bonchev–Trinajstić information content (AvgIpc) is 3.52. The Bertz CT molecular complexity index is 1560. The lowest BCUT2D eigenvalue weighted by Gasteiger charge is -2.58. The van der Waals surface area contributed by atoms with Gasteiger partial charge in [0.05, 0.1) is 13.2 Å². The van der Waals surface area contributed by atoms with E-state index in [2.05, 4.69) is 57.7 Å². The molecule has 0 bridgehead atoms. The van der Waals surface area contributed by atoms with Crippen molar-refractivity contribution < 1.29 is 29.3 Å². The van der Waals surface area contributed by atoms with E-state index in [0.29, 0.717) is 29.2 Å². The number of carbonyl (C=O) groups excluding carboxylic acids is 2. The molecule has 312 valence electrons. The van der Waals surface area contributed by atoms with Gasteiger partial charge in [0, 0.05) is 19.0 Å². The van der Waals surface area contributed by atoms with Crippen LogP contribution in [-0.4, -0.2) is 41.6 Å². The Morgan fingerprint density at radius 2 is 1.82 bits per heavy atom. The average molecular weight is 774 g/mol. The predicted octanol–water partition coefficient (Wildman–Crippen LogP) is 11.7. The number of methoxy groups -OCH3 is 1. The molecule has 1 heterocycles. The first-order valence-electron chi connectivity index (χ1n) is 22.2. The molecule has 0 radical (unpaired) electrons. The van der Waals surface area contributed by atoms with Crippen LogP contribution < -0.4 is 5.32 Å². The second kappa shape index (κ2) is 19.6. The van der Waals surface area contributed by atoms with Crippen LogP contribution in [0.15, 0.2) is 54.3 Å². The topological polar surface area (TPSA) is 105 Å². The number of hydrogen-bond donors (Lipinski definition) is 3. The zero-order valence-corrected chi connectivity index (χ0v) is 36.0. The van der Waals surface area contributed by atoms with Gasteiger partial charge in [0.1, 0.15) is 17.4 Å². The monoisotopic (exact) mass is 774 g/mol. The second-order valence-corrected chi connectivity index (χ2v) is 19.4. The quantitative estimate of drug-likeness (QED) is 0.179. The molecule has 0 spiro atoms. The van der Waals surface area contributed by atoms with Gasteiger partial charge in [-0.1, -0.05) is 110 Å². The summed E-state index contributed by atoms with van der Waals surface area (Å²) in [6, 6.07) is 4.91. The number of aromatic hydroxyl groups is 1. The number of benzene rings is 1. The summed E-state index contributed by atoms with van der Waals surface area (Å²) >= 11 is 0. The first-order chi connectivity index (χ1) is 26.7. The van der Waals surface area contributed by atoms with E-state index in [1.165, 1.54) is 90.0 Å². The van der Waals surface area contributed by atoms with Gasteiger partial charge in [0.2, 0.25) is 0 Å². The number of amides is 1. The van der Waals surface area contributed by atoms with Crippen LogP contribution in [0.4, 0.5) is 4.79 Å². The third-order valence-corrected chi connectivity index (χ3v) is 15.2. The predicted molar refractivity (Wildman–Crippen MR) is 226 cm³/mol. The number of aliphatic hydroxyl groups is 1. The summed E-state index contributed by atoms with van der Waals surface area (Å²) in [6.45, 7) is 17.2. The van der Waals surface area contributed by atoms with Crippen molar-refractivity contribution in [2.24, 2.45) is 58.2 Å². The van der Waals surface area contributed by atoms with E-state index >= 15 is 0 Å². The Kier molecular flexibility index (Phi) is 15.4. The molecule has 5 aliphatic rings. The number of phenols is 1. The number of fused-ring (bicyclic) bond motifs is 6. The highest BCUT2D eigenvalue weighted by Crippen LogP contribution is 2.67. The number of aliphatic hydroxyl groups excluding tert-OH is 1. The Balaban J connectivity index is 0.000000214. The molecule has 4 aliphatic carbocycles. The number of cyclic esters (lactones) is 1.